The highest BCUT2D eigenvalue weighted by Gasteiger charge is 2.26. The number of sulfonamides is 2. The second kappa shape index (κ2) is 5.09. The van der Waals surface area contributed by atoms with Gasteiger partial charge in [-0.25, -0.2) is 16.8 Å². The van der Waals surface area contributed by atoms with E-state index in [0.29, 0.717) is 0 Å². The van der Waals surface area contributed by atoms with Crippen molar-refractivity contribution in [2.24, 2.45) is 0 Å². The van der Waals surface area contributed by atoms with E-state index < -0.39 is 20.0 Å². The molecule has 0 aromatic carbocycles. The van der Waals surface area contributed by atoms with E-state index in [9.17, 15) is 16.8 Å². The number of aromatic nitrogens is 1. The summed E-state index contributed by atoms with van der Waals surface area (Å²) in [5.41, 5.74) is 0.0656. The molecule has 2 N–H and O–H groups in total. The van der Waals surface area contributed by atoms with E-state index in [4.69, 9.17) is 4.74 Å². The molecule has 0 saturated heterocycles. The summed E-state index contributed by atoms with van der Waals surface area (Å²) in [4.78, 5) is 3.85. The molecule has 10 heteroatoms. The van der Waals surface area contributed by atoms with Crippen LogP contribution in [0.25, 0.3) is 0 Å². The number of nitrogens with zero attached hydrogens (tertiary/aromatic N) is 1. The number of pyridine rings is 1. The quantitative estimate of drug-likeness (QED) is 0.782. The van der Waals surface area contributed by atoms with E-state index in [1.54, 1.807) is 0 Å². The first-order chi connectivity index (χ1) is 9.14. The molecule has 1 aliphatic carbocycles. The molecule has 0 bridgehead atoms. The first kappa shape index (κ1) is 14.9. The molecule has 1 saturated carbocycles. The Kier molecular flexibility index (Phi) is 3.78. The second-order valence-electron chi connectivity index (χ2n) is 4.63. The fourth-order valence-corrected chi connectivity index (χ4v) is 2.60. The maximum absolute atomic E-state index is 11.4. The van der Waals surface area contributed by atoms with Gasteiger partial charge in [0.25, 0.3) is 0 Å². The maximum Gasteiger partial charge on any atom is 0.230 e. The van der Waals surface area contributed by atoms with Crippen LogP contribution in [0.2, 0.25) is 0 Å². The topological polar surface area (TPSA) is 114 Å². The van der Waals surface area contributed by atoms with Crippen molar-refractivity contribution in [2.75, 3.05) is 22.0 Å². The van der Waals surface area contributed by atoms with Crippen LogP contribution >= 0.6 is 0 Å². The molecule has 0 amide bonds. The number of rotatable bonds is 6. The van der Waals surface area contributed by atoms with Crippen LogP contribution in [-0.4, -0.2) is 40.4 Å². The Labute approximate surface area is 117 Å². The van der Waals surface area contributed by atoms with Crippen LogP contribution in [0, 0.1) is 0 Å². The predicted molar refractivity (Wildman–Crippen MR) is 74.8 cm³/mol. The molecule has 1 aromatic rings. The van der Waals surface area contributed by atoms with Gasteiger partial charge in [0.1, 0.15) is 5.69 Å². The Morgan fingerprint density at radius 3 is 2.20 bits per heavy atom. The predicted octanol–water partition coefficient (Wildman–Crippen LogP) is 0.366. The number of hydrogen-bond donors (Lipinski definition) is 2. The Morgan fingerprint density at radius 2 is 1.70 bits per heavy atom. The Morgan fingerprint density at radius 1 is 1.10 bits per heavy atom. The lowest BCUT2D eigenvalue weighted by molar-refractivity contribution is 0.304. The van der Waals surface area contributed by atoms with E-state index in [1.807, 2.05) is 0 Å². The monoisotopic (exact) mass is 321 g/mol. The zero-order chi connectivity index (χ0) is 15.0. The summed E-state index contributed by atoms with van der Waals surface area (Å²) in [5.74, 6) is 0.201. The Balaban J connectivity index is 2.43. The zero-order valence-corrected chi connectivity index (χ0v) is 12.6. The molecular weight excluding hydrogens is 306 g/mol. The van der Waals surface area contributed by atoms with Gasteiger partial charge in [0.05, 0.1) is 36.7 Å². The van der Waals surface area contributed by atoms with Crippen molar-refractivity contribution in [1.82, 2.24) is 4.98 Å². The van der Waals surface area contributed by atoms with E-state index in [2.05, 4.69) is 14.4 Å². The molecule has 20 heavy (non-hydrogen) atoms. The van der Waals surface area contributed by atoms with Gasteiger partial charge in [0.15, 0.2) is 5.75 Å². The summed E-state index contributed by atoms with van der Waals surface area (Å²) in [5, 5.41) is 0. The summed E-state index contributed by atoms with van der Waals surface area (Å²) < 4.78 is 55.4. The summed E-state index contributed by atoms with van der Waals surface area (Å²) in [6.45, 7) is 0. The lowest BCUT2D eigenvalue weighted by Crippen LogP contribution is -2.16. The molecule has 0 radical (unpaired) electrons. The van der Waals surface area contributed by atoms with Gasteiger partial charge in [0.2, 0.25) is 20.0 Å². The molecule has 1 heterocycles. The molecule has 1 aromatic heterocycles. The number of ether oxygens (including phenoxy) is 1. The van der Waals surface area contributed by atoms with Crippen LogP contribution in [0.1, 0.15) is 12.8 Å². The largest absolute Gasteiger partial charge is 0.487 e. The molecule has 8 nitrogen and oxygen atoms in total. The van der Waals surface area contributed by atoms with Crippen molar-refractivity contribution in [3.63, 3.8) is 0 Å². The van der Waals surface area contributed by atoms with Gasteiger partial charge >= 0.3 is 0 Å². The third-order valence-corrected chi connectivity index (χ3v) is 3.48. The molecule has 0 aliphatic heterocycles. The van der Waals surface area contributed by atoms with E-state index >= 15 is 0 Å². The fraction of sp³-hybridized carbons (Fsp3) is 0.500. The number of nitrogens with one attached hydrogen (secondary N) is 2. The first-order valence-corrected chi connectivity index (χ1v) is 9.52. The van der Waals surface area contributed by atoms with E-state index in [-0.39, 0.29) is 23.2 Å². The minimum absolute atomic E-state index is 0.0189. The second-order valence-corrected chi connectivity index (χ2v) is 8.12. The minimum Gasteiger partial charge on any atom is -0.487 e. The van der Waals surface area contributed by atoms with Gasteiger partial charge < -0.3 is 4.74 Å². The van der Waals surface area contributed by atoms with E-state index in [1.165, 1.54) is 12.4 Å². The van der Waals surface area contributed by atoms with Crippen molar-refractivity contribution < 1.29 is 21.6 Å². The summed E-state index contributed by atoms with van der Waals surface area (Å²) in [6, 6.07) is 0. The third kappa shape index (κ3) is 4.53. The van der Waals surface area contributed by atoms with Crippen molar-refractivity contribution in [2.45, 2.75) is 18.9 Å². The highest BCUT2D eigenvalue weighted by Crippen LogP contribution is 2.36. The molecule has 1 fully saturated rings. The average molecular weight is 321 g/mol. The van der Waals surface area contributed by atoms with Gasteiger partial charge in [-0.3, -0.25) is 14.4 Å². The van der Waals surface area contributed by atoms with Crippen LogP contribution in [0.15, 0.2) is 12.4 Å². The highest BCUT2D eigenvalue weighted by molar-refractivity contribution is 7.92. The average Bonchev–Trinajstić information content (AvgIpc) is 3.03. The molecule has 0 atom stereocenters. The zero-order valence-electron chi connectivity index (χ0n) is 11.0. The highest BCUT2D eigenvalue weighted by atomic mass is 32.2. The SMILES string of the molecule is CS(=O)(=O)Nc1cncc(OC2CC2)c1NS(C)(=O)=O. The van der Waals surface area contributed by atoms with Gasteiger partial charge in [-0.05, 0) is 12.8 Å². The maximum atomic E-state index is 11.4. The smallest absolute Gasteiger partial charge is 0.230 e. The van der Waals surface area contributed by atoms with E-state index in [0.717, 1.165) is 25.4 Å². The molecule has 0 unspecified atom stereocenters. The molecule has 0 spiro atoms. The molecule has 112 valence electrons. The van der Waals surface area contributed by atoms with Gasteiger partial charge in [0, 0.05) is 0 Å². The Hall–Kier alpha value is -1.55. The third-order valence-electron chi connectivity index (χ3n) is 2.31. The van der Waals surface area contributed by atoms with Crippen LogP contribution in [0.4, 0.5) is 11.4 Å². The number of anilines is 2. The minimum atomic E-state index is -3.59. The van der Waals surface area contributed by atoms with Crippen LogP contribution < -0.4 is 14.2 Å². The summed E-state index contributed by atoms with van der Waals surface area (Å²) in [7, 11) is -7.15. The van der Waals surface area contributed by atoms with Gasteiger partial charge in [-0.2, -0.15) is 0 Å². The normalized spacial score (nSPS) is 15.7. The standard InChI is InChI=1S/C10H15N3O5S2/c1-19(14,15)12-8-5-11-6-9(18-7-3-4-7)10(8)13-20(2,16)17/h5-7,12H,3-4H2,1-2H3,(H,11,13). The lowest BCUT2D eigenvalue weighted by atomic mass is 10.3. The first-order valence-electron chi connectivity index (χ1n) is 5.74. The van der Waals surface area contributed by atoms with Crippen molar-refractivity contribution in [1.29, 1.82) is 0 Å². The lowest BCUT2D eigenvalue weighted by Gasteiger charge is -2.15. The Bertz CT molecular complexity index is 710. The summed E-state index contributed by atoms with van der Waals surface area (Å²) >= 11 is 0. The van der Waals surface area contributed by atoms with Gasteiger partial charge in [-0.1, -0.05) is 0 Å². The van der Waals surface area contributed by atoms with Crippen molar-refractivity contribution >= 4 is 31.4 Å². The van der Waals surface area contributed by atoms with Crippen molar-refractivity contribution in [3.8, 4) is 5.75 Å². The molecule has 1 aliphatic rings. The van der Waals surface area contributed by atoms with Crippen LogP contribution in [0.3, 0.4) is 0 Å². The van der Waals surface area contributed by atoms with Gasteiger partial charge in [-0.15, -0.1) is 0 Å². The van der Waals surface area contributed by atoms with Crippen LogP contribution in [-0.2, 0) is 20.0 Å². The van der Waals surface area contributed by atoms with Crippen molar-refractivity contribution in [3.05, 3.63) is 12.4 Å². The fourth-order valence-electron chi connectivity index (χ4n) is 1.46. The molecule has 2 rings (SSSR count). The number of hydrogen-bond acceptors (Lipinski definition) is 6. The van der Waals surface area contributed by atoms with Crippen LogP contribution in [0.5, 0.6) is 5.75 Å². The summed E-state index contributed by atoms with van der Waals surface area (Å²) in [6.07, 6.45) is 6.27. The molecular formula is C10H15N3O5S2.